The smallest absolute Gasteiger partial charge is 0.407 e. The van der Waals surface area contributed by atoms with Crippen LogP contribution >= 0.6 is 0 Å². The van der Waals surface area contributed by atoms with E-state index in [4.69, 9.17) is 9.47 Å². The lowest BCUT2D eigenvalue weighted by Gasteiger charge is -2.30. The highest BCUT2D eigenvalue weighted by molar-refractivity contribution is 5.67. The molecule has 0 aromatic heterocycles. The summed E-state index contributed by atoms with van der Waals surface area (Å²) in [7, 11) is 0. The number of rotatable bonds is 9. The van der Waals surface area contributed by atoms with E-state index in [0.717, 1.165) is 0 Å². The summed E-state index contributed by atoms with van der Waals surface area (Å²) in [4.78, 5) is 11.7. The van der Waals surface area contributed by atoms with Crippen molar-refractivity contribution < 1.29 is 39.8 Å². The molecule has 9 heteroatoms. The Hall–Kier alpha value is -1.23. The maximum absolute atomic E-state index is 11.7. The second kappa shape index (κ2) is 11.5. The van der Waals surface area contributed by atoms with E-state index < -0.39 is 48.8 Å². The van der Waals surface area contributed by atoms with Gasteiger partial charge in [-0.1, -0.05) is 19.1 Å². The van der Waals surface area contributed by atoms with E-state index in [9.17, 15) is 30.3 Å². The van der Waals surface area contributed by atoms with Gasteiger partial charge in [0, 0.05) is 6.42 Å². The Morgan fingerprint density at radius 1 is 1.23 bits per heavy atom. The minimum Gasteiger partial charge on any atom is -0.450 e. The Bertz CT molecular complexity index is 446. The van der Waals surface area contributed by atoms with Crippen LogP contribution in [0.25, 0.3) is 0 Å². The van der Waals surface area contributed by atoms with E-state index in [2.05, 4.69) is 5.32 Å². The van der Waals surface area contributed by atoms with Crippen LogP contribution in [0.4, 0.5) is 4.79 Å². The number of nitrogens with one attached hydrogen (secondary N) is 1. The molecular weight excluding hydrogens is 346 g/mol. The van der Waals surface area contributed by atoms with Crippen molar-refractivity contribution in [3.8, 4) is 0 Å². The molecule has 0 saturated heterocycles. The number of aliphatic hydroxyl groups excluding tert-OH is 5. The van der Waals surface area contributed by atoms with Gasteiger partial charge in [0.2, 0.25) is 0 Å². The second-order valence-corrected chi connectivity index (χ2v) is 6.34. The van der Waals surface area contributed by atoms with Gasteiger partial charge in [0.05, 0.1) is 37.6 Å². The van der Waals surface area contributed by atoms with E-state index in [1.807, 2.05) is 0 Å². The van der Waals surface area contributed by atoms with Gasteiger partial charge in [-0.05, 0) is 19.8 Å². The highest BCUT2D eigenvalue weighted by Crippen LogP contribution is 2.18. The summed E-state index contributed by atoms with van der Waals surface area (Å²) >= 11 is 0. The number of hydrogen-bond donors (Lipinski definition) is 6. The number of amides is 1. The summed E-state index contributed by atoms with van der Waals surface area (Å²) in [6.07, 6.45) is -3.64. The first-order valence-corrected chi connectivity index (χ1v) is 8.91. The zero-order valence-corrected chi connectivity index (χ0v) is 15.2. The van der Waals surface area contributed by atoms with Gasteiger partial charge in [0.1, 0.15) is 18.3 Å². The molecule has 0 spiro atoms. The van der Waals surface area contributed by atoms with Crippen LogP contribution in [0.2, 0.25) is 0 Å². The Morgan fingerprint density at radius 3 is 2.54 bits per heavy atom. The van der Waals surface area contributed by atoms with Gasteiger partial charge in [-0.3, -0.25) is 0 Å². The Kier molecular flexibility index (Phi) is 10.1. The third-order valence-electron chi connectivity index (χ3n) is 4.30. The molecule has 1 amide bonds. The molecule has 0 radical (unpaired) electrons. The Balaban J connectivity index is 2.71. The fourth-order valence-electron chi connectivity index (χ4n) is 2.60. The standard InChI is InChI=1S/C17H31NO8/c1-3-10(19)8-13(21)11(18-17(24)25-4-2)9-26-14-7-5-6-12(20)15(22)16(14)23/h5-6,10-16,19-23H,3-4,7-9H2,1-2H3,(H,18,24). The minimum absolute atomic E-state index is 0.0331. The predicted octanol–water partition coefficient (Wildman–Crippen LogP) is -0.949. The fraction of sp³-hybridized carbons (Fsp3) is 0.824. The molecule has 0 bridgehead atoms. The summed E-state index contributed by atoms with van der Waals surface area (Å²) in [5.74, 6) is 0. The van der Waals surface area contributed by atoms with Gasteiger partial charge in [-0.15, -0.1) is 0 Å². The summed E-state index contributed by atoms with van der Waals surface area (Å²) < 4.78 is 10.4. The zero-order valence-electron chi connectivity index (χ0n) is 15.2. The van der Waals surface area contributed by atoms with Gasteiger partial charge in [0.25, 0.3) is 0 Å². The van der Waals surface area contributed by atoms with Crippen molar-refractivity contribution in [3.05, 3.63) is 12.2 Å². The highest BCUT2D eigenvalue weighted by Gasteiger charge is 2.34. The number of aliphatic hydroxyl groups is 5. The molecule has 0 aromatic carbocycles. The zero-order chi connectivity index (χ0) is 19.7. The van der Waals surface area contributed by atoms with Crippen LogP contribution < -0.4 is 5.32 Å². The quantitative estimate of drug-likeness (QED) is 0.282. The molecule has 0 saturated carbocycles. The van der Waals surface area contributed by atoms with Crippen LogP contribution in [0.5, 0.6) is 0 Å². The van der Waals surface area contributed by atoms with Gasteiger partial charge in [0.15, 0.2) is 0 Å². The van der Waals surface area contributed by atoms with Gasteiger partial charge in [-0.2, -0.15) is 0 Å². The van der Waals surface area contributed by atoms with Crippen molar-refractivity contribution in [2.24, 2.45) is 0 Å². The SMILES string of the molecule is CCOC(=O)NC(COC1CC=CC(O)C(O)C1O)C(O)CC(O)CC. The monoisotopic (exact) mass is 377 g/mol. The lowest BCUT2D eigenvalue weighted by molar-refractivity contribution is -0.117. The van der Waals surface area contributed by atoms with Crippen LogP contribution in [-0.2, 0) is 9.47 Å². The normalized spacial score (nSPS) is 29.5. The first-order chi connectivity index (χ1) is 12.3. The summed E-state index contributed by atoms with van der Waals surface area (Å²) in [5, 5.41) is 52.1. The molecule has 1 aliphatic rings. The molecule has 26 heavy (non-hydrogen) atoms. The molecule has 0 fully saturated rings. The van der Waals surface area contributed by atoms with E-state index in [-0.39, 0.29) is 26.1 Å². The predicted molar refractivity (Wildman–Crippen MR) is 92.4 cm³/mol. The van der Waals surface area contributed by atoms with Crippen molar-refractivity contribution in [1.29, 1.82) is 0 Å². The number of alkyl carbamates (subject to hydrolysis) is 1. The third kappa shape index (κ3) is 7.18. The van der Waals surface area contributed by atoms with Crippen molar-refractivity contribution in [3.63, 3.8) is 0 Å². The number of hydrogen-bond acceptors (Lipinski definition) is 8. The van der Waals surface area contributed by atoms with Crippen molar-refractivity contribution in [2.45, 2.75) is 75.8 Å². The first-order valence-electron chi connectivity index (χ1n) is 8.91. The molecule has 0 aliphatic heterocycles. The van der Waals surface area contributed by atoms with Gasteiger partial charge >= 0.3 is 6.09 Å². The molecule has 7 unspecified atom stereocenters. The Labute approximate surface area is 153 Å². The topological polar surface area (TPSA) is 149 Å². The summed E-state index contributed by atoms with van der Waals surface area (Å²) in [6.45, 7) is 3.39. The number of carbonyl (C=O) groups is 1. The molecule has 0 heterocycles. The van der Waals surface area contributed by atoms with Gasteiger partial charge < -0.3 is 40.3 Å². The maximum atomic E-state index is 11.7. The van der Waals surface area contributed by atoms with Crippen LogP contribution in [-0.4, -0.2) is 87.5 Å². The van der Waals surface area contributed by atoms with Crippen molar-refractivity contribution in [1.82, 2.24) is 5.32 Å². The maximum Gasteiger partial charge on any atom is 0.407 e. The molecule has 6 N–H and O–H groups in total. The van der Waals surface area contributed by atoms with Crippen LogP contribution in [0.1, 0.15) is 33.1 Å². The third-order valence-corrected chi connectivity index (χ3v) is 4.30. The summed E-state index contributed by atoms with van der Waals surface area (Å²) in [6, 6.07) is -0.878. The van der Waals surface area contributed by atoms with Crippen LogP contribution in [0.15, 0.2) is 12.2 Å². The largest absolute Gasteiger partial charge is 0.450 e. The lowest BCUT2D eigenvalue weighted by atomic mass is 10.0. The lowest BCUT2D eigenvalue weighted by Crippen LogP contribution is -2.50. The highest BCUT2D eigenvalue weighted by atomic mass is 16.5. The van der Waals surface area contributed by atoms with E-state index in [1.165, 1.54) is 6.08 Å². The van der Waals surface area contributed by atoms with Crippen LogP contribution in [0, 0.1) is 0 Å². The average Bonchev–Trinajstić information content (AvgIpc) is 2.72. The van der Waals surface area contributed by atoms with Crippen LogP contribution in [0.3, 0.4) is 0 Å². The molecular formula is C17H31NO8. The minimum atomic E-state index is -1.40. The Morgan fingerprint density at radius 2 is 1.92 bits per heavy atom. The molecule has 7 atom stereocenters. The molecule has 1 aliphatic carbocycles. The molecule has 1 rings (SSSR count). The molecule has 152 valence electrons. The summed E-state index contributed by atoms with van der Waals surface area (Å²) in [5.41, 5.74) is 0. The van der Waals surface area contributed by atoms with E-state index in [0.29, 0.717) is 6.42 Å². The molecule has 9 nitrogen and oxygen atoms in total. The second-order valence-electron chi connectivity index (χ2n) is 6.34. The van der Waals surface area contributed by atoms with E-state index in [1.54, 1.807) is 19.9 Å². The fourth-order valence-corrected chi connectivity index (χ4v) is 2.60. The van der Waals surface area contributed by atoms with Crippen molar-refractivity contribution in [2.75, 3.05) is 13.2 Å². The average molecular weight is 377 g/mol. The van der Waals surface area contributed by atoms with Crippen molar-refractivity contribution >= 4 is 6.09 Å². The first kappa shape index (κ1) is 22.8. The van der Waals surface area contributed by atoms with E-state index >= 15 is 0 Å². The number of ether oxygens (including phenoxy) is 2. The van der Waals surface area contributed by atoms with Gasteiger partial charge in [-0.25, -0.2) is 4.79 Å². The molecule has 0 aromatic rings. The number of carbonyl (C=O) groups excluding carboxylic acids is 1.